The fourth-order valence-electron chi connectivity index (χ4n) is 3.59. The van der Waals surface area contributed by atoms with Crippen molar-refractivity contribution in [3.8, 4) is 5.75 Å². The summed E-state index contributed by atoms with van der Waals surface area (Å²) < 4.78 is 46.5. The van der Waals surface area contributed by atoms with Crippen LogP contribution in [0, 0.1) is 17.5 Å². The number of rotatable bonds is 6. The van der Waals surface area contributed by atoms with Crippen LogP contribution in [0.1, 0.15) is 46.6 Å². The highest BCUT2D eigenvalue weighted by Gasteiger charge is 2.23. The molecule has 0 atom stereocenters. The lowest BCUT2D eigenvalue weighted by Crippen LogP contribution is -2.04. The summed E-state index contributed by atoms with van der Waals surface area (Å²) in [5.41, 5.74) is 2.75. The van der Waals surface area contributed by atoms with Crippen molar-refractivity contribution in [2.45, 2.75) is 25.9 Å². The van der Waals surface area contributed by atoms with Crippen molar-refractivity contribution in [2.75, 3.05) is 0 Å². The normalized spacial score (nSPS) is 13.5. The Balaban J connectivity index is 1.70. The molecule has 4 rings (SSSR count). The largest absolute Gasteiger partial charge is 0.488 e. The molecule has 5 nitrogen and oxygen atoms in total. The van der Waals surface area contributed by atoms with Crippen molar-refractivity contribution < 1.29 is 27.8 Å². The van der Waals surface area contributed by atoms with E-state index in [0.29, 0.717) is 35.4 Å². The maximum absolute atomic E-state index is 14.1. The number of carbonyl (C=O) groups is 1. The second-order valence-electron chi connectivity index (χ2n) is 7.08. The molecule has 0 spiro atoms. The quantitative estimate of drug-likeness (QED) is 0.582. The molecule has 1 aliphatic carbocycles. The van der Waals surface area contributed by atoms with E-state index in [9.17, 15) is 23.1 Å². The van der Waals surface area contributed by atoms with E-state index < -0.39 is 23.4 Å². The minimum absolute atomic E-state index is 0.0350. The van der Waals surface area contributed by atoms with E-state index in [2.05, 4.69) is 9.97 Å². The number of ether oxygens (including phenoxy) is 1. The molecule has 0 saturated carbocycles. The molecule has 0 unspecified atom stereocenters. The first-order valence-electron chi connectivity index (χ1n) is 9.57. The van der Waals surface area contributed by atoms with Crippen LogP contribution in [0.4, 0.5) is 13.2 Å². The Labute approximate surface area is 175 Å². The minimum Gasteiger partial charge on any atom is -0.488 e. The number of hydrogen-bond acceptors (Lipinski definition) is 4. The molecule has 0 radical (unpaired) electrons. The van der Waals surface area contributed by atoms with Crippen molar-refractivity contribution in [3.05, 3.63) is 88.8 Å². The Morgan fingerprint density at radius 1 is 1.00 bits per heavy atom. The molecule has 31 heavy (non-hydrogen) atoms. The summed E-state index contributed by atoms with van der Waals surface area (Å²) in [6, 6.07) is 7.55. The number of allylic oxidation sites excluding steroid dienone is 2. The number of benzene rings is 2. The zero-order valence-corrected chi connectivity index (χ0v) is 16.2. The fraction of sp³-hybridized carbons (Fsp3) is 0.174. The standard InChI is InChI=1S/C23H17F3N2O3/c24-14-5-7-22(31-12-13-4-6-18(25)19(26)8-13)17(9-14)15-2-1-3-16(15)20-10-27-11-21(28-20)23(29)30/h4-11H,1-3,12H2,(H,29,30). The van der Waals surface area contributed by atoms with Crippen molar-refractivity contribution in [3.63, 3.8) is 0 Å². The predicted molar refractivity (Wildman–Crippen MR) is 107 cm³/mol. The zero-order valence-electron chi connectivity index (χ0n) is 16.2. The van der Waals surface area contributed by atoms with Gasteiger partial charge in [-0.25, -0.2) is 22.9 Å². The summed E-state index contributed by atoms with van der Waals surface area (Å²) >= 11 is 0. The van der Waals surface area contributed by atoms with Crippen LogP contribution in [-0.4, -0.2) is 21.0 Å². The predicted octanol–water partition coefficient (Wildman–Crippen LogP) is 5.27. The molecule has 158 valence electrons. The Bertz CT molecular complexity index is 1190. The fourth-order valence-corrected chi connectivity index (χ4v) is 3.59. The second-order valence-corrected chi connectivity index (χ2v) is 7.08. The number of halogens is 3. The van der Waals surface area contributed by atoms with Gasteiger partial charge in [0.2, 0.25) is 0 Å². The number of carboxylic acid groups (broad SMARTS) is 1. The van der Waals surface area contributed by atoms with Crippen LogP contribution in [-0.2, 0) is 6.61 Å². The summed E-state index contributed by atoms with van der Waals surface area (Å²) in [5.74, 6) is -3.19. The van der Waals surface area contributed by atoms with Gasteiger partial charge in [0.05, 0.1) is 18.1 Å². The van der Waals surface area contributed by atoms with Crippen molar-refractivity contribution in [1.82, 2.24) is 9.97 Å². The molecule has 0 bridgehead atoms. The molecule has 0 fully saturated rings. The smallest absolute Gasteiger partial charge is 0.356 e. The van der Waals surface area contributed by atoms with Gasteiger partial charge in [-0.15, -0.1) is 0 Å². The van der Waals surface area contributed by atoms with Crippen LogP contribution in [0.5, 0.6) is 5.75 Å². The summed E-state index contributed by atoms with van der Waals surface area (Å²) in [4.78, 5) is 19.4. The van der Waals surface area contributed by atoms with Crippen LogP contribution in [0.15, 0.2) is 48.8 Å². The molecule has 1 N–H and O–H groups in total. The van der Waals surface area contributed by atoms with Gasteiger partial charge in [-0.05, 0) is 66.3 Å². The first-order valence-corrected chi connectivity index (χ1v) is 9.57. The molecular formula is C23H17F3N2O3. The van der Waals surface area contributed by atoms with Crippen molar-refractivity contribution >= 4 is 17.1 Å². The van der Waals surface area contributed by atoms with Gasteiger partial charge in [0, 0.05) is 5.56 Å². The molecule has 0 aliphatic heterocycles. The summed E-state index contributed by atoms with van der Waals surface area (Å²) in [5, 5.41) is 9.19. The minimum atomic E-state index is -1.18. The van der Waals surface area contributed by atoms with Gasteiger partial charge in [-0.3, -0.25) is 4.98 Å². The topological polar surface area (TPSA) is 72.3 Å². The number of aromatic carboxylic acids is 1. The highest BCUT2D eigenvalue weighted by Crippen LogP contribution is 2.42. The van der Waals surface area contributed by atoms with Crippen molar-refractivity contribution in [1.29, 1.82) is 0 Å². The lowest BCUT2D eigenvalue weighted by molar-refractivity contribution is 0.0690. The van der Waals surface area contributed by atoms with E-state index in [-0.39, 0.29) is 12.3 Å². The number of hydrogen-bond donors (Lipinski definition) is 1. The SMILES string of the molecule is O=C(O)c1cncc(C2=C(c3cc(F)ccc3OCc3ccc(F)c(F)c3)CCC2)n1. The molecule has 2 aromatic carbocycles. The third kappa shape index (κ3) is 4.42. The molecular weight excluding hydrogens is 409 g/mol. The van der Waals surface area contributed by atoms with Gasteiger partial charge in [0.25, 0.3) is 0 Å². The number of aromatic nitrogens is 2. The Kier molecular flexibility index (Phi) is 5.70. The Morgan fingerprint density at radius 3 is 2.58 bits per heavy atom. The average Bonchev–Trinajstić information content (AvgIpc) is 3.25. The average molecular weight is 426 g/mol. The molecule has 1 aromatic heterocycles. The van der Waals surface area contributed by atoms with Crippen LogP contribution < -0.4 is 4.74 Å². The summed E-state index contributed by atoms with van der Waals surface area (Å²) in [6.45, 7) is -0.0350. The maximum Gasteiger partial charge on any atom is 0.356 e. The molecule has 0 saturated heterocycles. The molecule has 1 aliphatic rings. The lowest BCUT2D eigenvalue weighted by Gasteiger charge is -2.15. The van der Waals surface area contributed by atoms with Gasteiger partial charge in [-0.2, -0.15) is 0 Å². The monoisotopic (exact) mass is 426 g/mol. The van der Waals surface area contributed by atoms with E-state index in [1.807, 2.05) is 0 Å². The molecule has 3 aromatic rings. The summed E-state index contributed by atoms with van der Waals surface area (Å²) in [7, 11) is 0. The highest BCUT2D eigenvalue weighted by atomic mass is 19.2. The Morgan fingerprint density at radius 2 is 1.81 bits per heavy atom. The summed E-state index contributed by atoms with van der Waals surface area (Å²) in [6.07, 6.45) is 4.68. The molecule has 1 heterocycles. The van der Waals surface area contributed by atoms with E-state index in [1.165, 1.54) is 36.7 Å². The van der Waals surface area contributed by atoms with Gasteiger partial charge in [0.1, 0.15) is 18.2 Å². The van der Waals surface area contributed by atoms with E-state index in [4.69, 9.17) is 4.74 Å². The van der Waals surface area contributed by atoms with Gasteiger partial charge in [0.15, 0.2) is 17.3 Å². The molecule has 0 amide bonds. The first-order chi connectivity index (χ1) is 14.9. The van der Waals surface area contributed by atoms with Gasteiger partial charge in [-0.1, -0.05) is 6.07 Å². The third-order valence-corrected chi connectivity index (χ3v) is 5.03. The van der Waals surface area contributed by atoms with Gasteiger partial charge < -0.3 is 9.84 Å². The van der Waals surface area contributed by atoms with E-state index in [1.54, 1.807) is 0 Å². The van der Waals surface area contributed by atoms with Crippen LogP contribution >= 0.6 is 0 Å². The molecule has 8 heteroatoms. The van der Waals surface area contributed by atoms with Crippen LogP contribution in [0.2, 0.25) is 0 Å². The van der Waals surface area contributed by atoms with E-state index in [0.717, 1.165) is 29.7 Å². The zero-order chi connectivity index (χ0) is 22.0. The number of nitrogens with zero attached hydrogens (tertiary/aromatic N) is 2. The third-order valence-electron chi connectivity index (χ3n) is 5.03. The number of carboxylic acids is 1. The highest BCUT2D eigenvalue weighted by molar-refractivity contribution is 5.94. The van der Waals surface area contributed by atoms with Crippen LogP contribution in [0.3, 0.4) is 0 Å². The maximum atomic E-state index is 14.1. The van der Waals surface area contributed by atoms with Crippen molar-refractivity contribution in [2.24, 2.45) is 0 Å². The first kappa shape index (κ1) is 20.6. The lowest BCUT2D eigenvalue weighted by atomic mass is 9.99. The van der Waals surface area contributed by atoms with E-state index >= 15 is 0 Å². The van der Waals surface area contributed by atoms with Crippen LogP contribution in [0.25, 0.3) is 11.1 Å². The van der Waals surface area contributed by atoms with Gasteiger partial charge >= 0.3 is 5.97 Å². The second kappa shape index (κ2) is 8.59. The Hall–Kier alpha value is -3.68.